The number of imide groups is 1. The lowest BCUT2D eigenvalue weighted by atomic mass is 9.99. The monoisotopic (exact) mass is 338 g/mol. The zero-order valence-electron chi connectivity index (χ0n) is 12.4. The highest BCUT2D eigenvalue weighted by molar-refractivity contribution is 7.99. The van der Waals surface area contributed by atoms with E-state index < -0.39 is 35.6 Å². The minimum absolute atomic E-state index is 0.00912. The zero-order chi connectivity index (χ0) is 16.6. The van der Waals surface area contributed by atoms with Gasteiger partial charge >= 0.3 is 6.03 Å². The maximum absolute atomic E-state index is 13.4. The molecule has 2 aliphatic heterocycles. The maximum Gasteiger partial charge on any atom is 0.325 e. The Morgan fingerprint density at radius 3 is 2.91 bits per heavy atom. The molecule has 1 spiro atoms. The van der Waals surface area contributed by atoms with Crippen molar-refractivity contribution in [2.75, 3.05) is 25.2 Å². The molecule has 1 unspecified atom stereocenters. The molecule has 0 aliphatic carbocycles. The quantitative estimate of drug-likeness (QED) is 0.664. The highest BCUT2D eigenvalue weighted by atomic mass is 32.2. The van der Waals surface area contributed by atoms with Crippen LogP contribution in [0.4, 0.5) is 9.18 Å². The van der Waals surface area contributed by atoms with Gasteiger partial charge in [-0.15, -0.1) is 0 Å². The number of amides is 3. The molecule has 8 heteroatoms. The topological polar surface area (TPSA) is 75.7 Å². The molecule has 6 nitrogen and oxygen atoms in total. The fraction of sp³-hybridized carbons (Fsp3) is 0.400. The second kappa shape index (κ2) is 5.84. The first kappa shape index (κ1) is 15.8. The minimum atomic E-state index is -0.895. The SMILES string of the molecule is COc1ccc(F)cc1C(=O)CN1C(=O)NC2(CCSC2)C1=O. The summed E-state index contributed by atoms with van der Waals surface area (Å²) in [5.74, 6) is -0.0368. The number of nitrogens with zero attached hydrogens (tertiary/aromatic N) is 1. The number of carbonyl (C=O) groups is 3. The number of hydrogen-bond acceptors (Lipinski definition) is 5. The Hall–Kier alpha value is -2.09. The minimum Gasteiger partial charge on any atom is -0.496 e. The first-order chi connectivity index (χ1) is 11.0. The molecule has 2 fully saturated rings. The smallest absolute Gasteiger partial charge is 0.325 e. The average Bonchev–Trinajstić information content (AvgIpc) is 3.08. The molecule has 2 saturated heterocycles. The summed E-state index contributed by atoms with van der Waals surface area (Å²) in [5, 5.41) is 2.68. The van der Waals surface area contributed by atoms with Crippen LogP contribution in [-0.2, 0) is 4.79 Å². The van der Waals surface area contributed by atoms with Crippen molar-refractivity contribution < 1.29 is 23.5 Å². The van der Waals surface area contributed by atoms with Crippen molar-refractivity contribution in [3.63, 3.8) is 0 Å². The van der Waals surface area contributed by atoms with Crippen molar-refractivity contribution in [2.45, 2.75) is 12.0 Å². The van der Waals surface area contributed by atoms with Crippen LogP contribution in [-0.4, -0.2) is 53.3 Å². The number of rotatable bonds is 4. The second-order valence-electron chi connectivity index (χ2n) is 5.47. The van der Waals surface area contributed by atoms with Crippen LogP contribution in [0.25, 0.3) is 0 Å². The van der Waals surface area contributed by atoms with Gasteiger partial charge in [0.1, 0.15) is 17.1 Å². The van der Waals surface area contributed by atoms with Gasteiger partial charge in [-0.3, -0.25) is 14.5 Å². The average molecular weight is 338 g/mol. The standard InChI is InChI=1S/C15H15FN2O4S/c1-22-12-3-2-9(16)6-10(12)11(19)7-18-13(20)15(17-14(18)21)4-5-23-8-15/h2-3,6H,4-5,7-8H2,1H3,(H,17,21). The van der Waals surface area contributed by atoms with Gasteiger partial charge in [-0.1, -0.05) is 0 Å². The fourth-order valence-electron chi connectivity index (χ4n) is 2.78. The number of nitrogens with one attached hydrogen (secondary N) is 1. The molecule has 0 bridgehead atoms. The van der Waals surface area contributed by atoms with Gasteiger partial charge in [0.15, 0.2) is 5.78 Å². The Morgan fingerprint density at radius 1 is 1.48 bits per heavy atom. The summed E-state index contributed by atoms with van der Waals surface area (Å²) in [7, 11) is 1.36. The molecule has 1 N–H and O–H groups in total. The maximum atomic E-state index is 13.4. The first-order valence-electron chi connectivity index (χ1n) is 7.05. The van der Waals surface area contributed by atoms with Crippen LogP contribution in [0.15, 0.2) is 18.2 Å². The lowest BCUT2D eigenvalue weighted by Crippen LogP contribution is -2.47. The third kappa shape index (κ3) is 2.67. The molecular weight excluding hydrogens is 323 g/mol. The first-order valence-corrected chi connectivity index (χ1v) is 8.21. The van der Waals surface area contributed by atoms with Crippen molar-refractivity contribution >= 4 is 29.5 Å². The van der Waals surface area contributed by atoms with E-state index in [4.69, 9.17) is 4.74 Å². The molecule has 23 heavy (non-hydrogen) atoms. The summed E-state index contributed by atoms with van der Waals surface area (Å²) < 4.78 is 18.4. The van der Waals surface area contributed by atoms with Crippen molar-refractivity contribution in [3.05, 3.63) is 29.6 Å². The summed E-state index contributed by atoms with van der Waals surface area (Å²) >= 11 is 1.58. The number of ketones is 1. The summed E-state index contributed by atoms with van der Waals surface area (Å²) in [6.45, 7) is -0.434. The van der Waals surface area contributed by atoms with Crippen molar-refractivity contribution in [3.8, 4) is 5.75 Å². The molecule has 3 rings (SSSR count). The molecule has 1 aromatic carbocycles. The van der Waals surface area contributed by atoms with Crippen LogP contribution in [0.3, 0.4) is 0 Å². The van der Waals surface area contributed by atoms with E-state index in [9.17, 15) is 18.8 Å². The van der Waals surface area contributed by atoms with Crippen LogP contribution in [0, 0.1) is 5.82 Å². The number of benzene rings is 1. The largest absolute Gasteiger partial charge is 0.496 e. The Kier molecular flexibility index (Phi) is 4.01. The van der Waals surface area contributed by atoms with E-state index >= 15 is 0 Å². The zero-order valence-corrected chi connectivity index (χ0v) is 13.2. The Morgan fingerprint density at radius 2 is 2.26 bits per heavy atom. The summed E-state index contributed by atoms with van der Waals surface area (Å²) in [4.78, 5) is 37.9. The van der Waals surface area contributed by atoms with E-state index in [0.29, 0.717) is 12.2 Å². The molecule has 0 aromatic heterocycles. The van der Waals surface area contributed by atoms with E-state index in [0.717, 1.165) is 16.7 Å². The molecule has 1 aromatic rings. The number of Topliss-reactive ketones (excluding diaryl/α,β-unsaturated/α-hetero) is 1. The lowest BCUT2D eigenvalue weighted by molar-refractivity contribution is -0.130. The van der Waals surface area contributed by atoms with Gasteiger partial charge in [-0.2, -0.15) is 11.8 Å². The summed E-state index contributed by atoms with van der Waals surface area (Å²) in [6, 6.07) is 2.97. The number of thioether (sulfide) groups is 1. The Labute approximate surface area is 136 Å². The number of urea groups is 1. The van der Waals surface area contributed by atoms with Crippen LogP contribution >= 0.6 is 11.8 Å². The number of carbonyl (C=O) groups excluding carboxylic acids is 3. The van der Waals surface area contributed by atoms with Gasteiger partial charge in [0.05, 0.1) is 19.2 Å². The van der Waals surface area contributed by atoms with Crippen LogP contribution in [0.5, 0.6) is 5.75 Å². The predicted molar refractivity (Wildman–Crippen MR) is 82.2 cm³/mol. The molecule has 1 atom stereocenters. The molecular formula is C15H15FN2O4S. The Balaban J connectivity index is 1.82. The van der Waals surface area contributed by atoms with Gasteiger partial charge in [0, 0.05) is 5.75 Å². The van der Waals surface area contributed by atoms with Gasteiger partial charge < -0.3 is 10.1 Å². The van der Waals surface area contributed by atoms with Crippen LogP contribution in [0.2, 0.25) is 0 Å². The Bertz CT molecular complexity index is 688. The molecule has 2 heterocycles. The number of hydrogen-bond donors (Lipinski definition) is 1. The van der Waals surface area contributed by atoms with Gasteiger partial charge in [0.25, 0.3) is 5.91 Å². The molecule has 2 aliphatic rings. The van der Waals surface area contributed by atoms with Crippen molar-refractivity contribution in [1.29, 1.82) is 0 Å². The molecule has 0 radical (unpaired) electrons. The van der Waals surface area contributed by atoms with Crippen LogP contribution in [0.1, 0.15) is 16.8 Å². The van der Waals surface area contributed by atoms with Crippen molar-refractivity contribution in [2.24, 2.45) is 0 Å². The normalized spacial score (nSPS) is 23.5. The fourth-order valence-corrected chi connectivity index (χ4v) is 4.10. The summed E-state index contributed by atoms with van der Waals surface area (Å²) in [6.07, 6.45) is 0.552. The van der Waals surface area contributed by atoms with E-state index in [-0.39, 0.29) is 11.3 Å². The van der Waals surface area contributed by atoms with Gasteiger partial charge in [-0.25, -0.2) is 9.18 Å². The number of halogens is 1. The second-order valence-corrected chi connectivity index (χ2v) is 6.58. The van der Waals surface area contributed by atoms with E-state index in [1.165, 1.54) is 19.2 Å². The van der Waals surface area contributed by atoms with E-state index in [2.05, 4.69) is 5.32 Å². The lowest BCUT2D eigenvalue weighted by Gasteiger charge is -2.19. The van der Waals surface area contributed by atoms with Crippen LogP contribution < -0.4 is 10.1 Å². The highest BCUT2D eigenvalue weighted by Crippen LogP contribution is 2.33. The van der Waals surface area contributed by atoms with Crippen molar-refractivity contribution in [1.82, 2.24) is 10.2 Å². The number of methoxy groups -OCH3 is 1. The molecule has 3 amide bonds. The molecule has 0 saturated carbocycles. The molecule has 122 valence electrons. The third-order valence-electron chi connectivity index (χ3n) is 4.03. The van der Waals surface area contributed by atoms with E-state index in [1.54, 1.807) is 11.8 Å². The van der Waals surface area contributed by atoms with Gasteiger partial charge in [0.2, 0.25) is 0 Å². The van der Waals surface area contributed by atoms with Gasteiger partial charge in [-0.05, 0) is 30.4 Å². The number of ether oxygens (including phenoxy) is 1. The van der Waals surface area contributed by atoms with E-state index in [1.807, 2.05) is 0 Å². The predicted octanol–water partition coefficient (Wildman–Crippen LogP) is 1.44. The third-order valence-corrected chi connectivity index (χ3v) is 5.22. The highest BCUT2D eigenvalue weighted by Gasteiger charge is 2.53. The summed E-state index contributed by atoms with van der Waals surface area (Å²) in [5.41, 5.74) is -0.886.